The molecule has 3 rings (SSSR count). The maximum atomic E-state index is 5.34. The van der Waals surface area contributed by atoms with Crippen LogP contribution in [0.2, 0.25) is 0 Å². The molecular weight excluding hydrogens is 228 g/mol. The summed E-state index contributed by atoms with van der Waals surface area (Å²) in [5, 5.41) is 3.49. The molecule has 1 fully saturated rings. The van der Waals surface area contributed by atoms with Gasteiger partial charge in [-0.15, -0.1) is 0 Å². The Morgan fingerprint density at radius 1 is 1.28 bits per heavy atom. The van der Waals surface area contributed by atoms with Crippen molar-refractivity contribution in [2.75, 3.05) is 18.5 Å². The largest absolute Gasteiger partial charge is 0.381 e. The number of aromatic nitrogens is 3. The van der Waals surface area contributed by atoms with Crippen LogP contribution in [0.4, 0.5) is 5.69 Å². The van der Waals surface area contributed by atoms with Crippen LogP contribution in [0.5, 0.6) is 0 Å². The number of hydrogen-bond acceptors (Lipinski definition) is 4. The number of anilines is 1. The summed E-state index contributed by atoms with van der Waals surface area (Å²) < 4.78 is 7.23. The summed E-state index contributed by atoms with van der Waals surface area (Å²) in [5.74, 6) is 0.880. The molecule has 1 N–H and O–H groups in total. The van der Waals surface area contributed by atoms with Crippen LogP contribution >= 0.6 is 0 Å². The van der Waals surface area contributed by atoms with E-state index in [2.05, 4.69) is 21.4 Å². The van der Waals surface area contributed by atoms with Crippen LogP contribution in [0.25, 0.3) is 5.82 Å². The number of nitrogens with one attached hydrogen (secondary N) is 1. The molecule has 0 saturated carbocycles. The number of imidazole rings is 1. The maximum Gasteiger partial charge on any atom is 0.137 e. The van der Waals surface area contributed by atoms with Gasteiger partial charge in [0.2, 0.25) is 0 Å². The van der Waals surface area contributed by atoms with E-state index in [4.69, 9.17) is 4.74 Å². The molecule has 0 radical (unpaired) electrons. The fourth-order valence-electron chi connectivity index (χ4n) is 2.10. The van der Waals surface area contributed by atoms with E-state index in [0.717, 1.165) is 37.6 Å². The van der Waals surface area contributed by atoms with Gasteiger partial charge in [0, 0.05) is 31.6 Å². The SMILES string of the molecule is c1cn(-c2ccc(NC3CCOCC3)cn2)cn1. The molecule has 0 atom stereocenters. The van der Waals surface area contributed by atoms with Crippen molar-refractivity contribution in [2.45, 2.75) is 18.9 Å². The van der Waals surface area contributed by atoms with Crippen molar-refractivity contribution in [3.05, 3.63) is 37.1 Å². The molecule has 0 spiro atoms. The average molecular weight is 244 g/mol. The highest BCUT2D eigenvalue weighted by molar-refractivity contribution is 5.44. The Kier molecular flexibility index (Phi) is 3.23. The van der Waals surface area contributed by atoms with E-state index in [0.29, 0.717) is 6.04 Å². The Labute approximate surface area is 106 Å². The van der Waals surface area contributed by atoms with Gasteiger partial charge in [-0.3, -0.25) is 4.57 Å². The van der Waals surface area contributed by atoms with Crippen LogP contribution in [0, 0.1) is 0 Å². The van der Waals surface area contributed by atoms with Crippen molar-refractivity contribution < 1.29 is 4.74 Å². The third kappa shape index (κ3) is 2.51. The molecule has 2 aromatic rings. The fraction of sp³-hybridized carbons (Fsp3) is 0.385. The van der Waals surface area contributed by atoms with Crippen molar-refractivity contribution in [2.24, 2.45) is 0 Å². The molecule has 2 aromatic heterocycles. The second-order valence-electron chi connectivity index (χ2n) is 4.41. The summed E-state index contributed by atoms with van der Waals surface area (Å²) in [4.78, 5) is 8.42. The zero-order valence-corrected chi connectivity index (χ0v) is 10.1. The number of nitrogens with zero attached hydrogens (tertiary/aromatic N) is 3. The summed E-state index contributed by atoms with van der Waals surface area (Å²) in [6.07, 6.45) is 9.36. The zero-order valence-electron chi connectivity index (χ0n) is 10.1. The highest BCUT2D eigenvalue weighted by Gasteiger charge is 2.13. The number of pyridine rings is 1. The summed E-state index contributed by atoms with van der Waals surface area (Å²) >= 11 is 0. The van der Waals surface area contributed by atoms with Crippen molar-refractivity contribution in [3.8, 4) is 5.82 Å². The molecule has 5 nitrogen and oxygen atoms in total. The van der Waals surface area contributed by atoms with Crippen LogP contribution in [0.3, 0.4) is 0 Å². The Hall–Kier alpha value is -1.88. The lowest BCUT2D eigenvalue weighted by Crippen LogP contribution is -2.27. The van der Waals surface area contributed by atoms with E-state index >= 15 is 0 Å². The fourth-order valence-corrected chi connectivity index (χ4v) is 2.10. The molecule has 0 aromatic carbocycles. The molecule has 0 amide bonds. The minimum absolute atomic E-state index is 0.500. The summed E-state index contributed by atoms with van der Waals surface area (Å²) in [6.45, 7) is 1.69. The van der Waals surface area contributed by atoms with Gasteiger partial charge in [0.15, 0.2) is 0 Å². The smallest absolute Gasteiger partial charge is 0.137 e. The van der Waals surface area contributed by atoms with Gasteiger partial charge in [-0.1, -0.05) is 0 Å². The highest BCUT2D eigenvalue weighted by atomic mass is 16.5. The minimum atomic E-state index is 0.500. The van der Waals surface area contributed by atoms with Gasteiger partial charge in [-0.25, -0.2) is 9.97 Å². The van der Waals surface area contributed by atoms with Crippen LogP contribution in [-0.2, 0) is 4.74 Å². The minimum Gasteiger partial charge on any atom is -0.381 e. The maximum absolute atomic E-state index is 5.34. The Morgan fingerprint density at radius 3 is 2.83 bits per heavy atom. The lowest BCUT2D eigenvalue weighted by Gasteiger charge is -2.24. The van der Waals surface area contributed by atoms with Crippen LogP contribution in [0.15, 0.2) is 37.1 Å². The number of rotatable bonds is 3. The van der Waals surface area contributed by atoms with Crippen LogP contribution < -0.4 is 5.32 Å². The number of ether oxygens (including phenoxy) is 1. The van der Waals surface area contributed by atoms with E-state index in [9.17, 15) is 0 Å². The van der Waals surface area contributed by atoms with Gasteiger partial charge in [0.05, 0.1) is 11.9 Å². The second-order valence-corrected chi connectivity index (χ2v) is 4.41. The van der Waals surface area contributed by atoms with Gasteiger partial charge in [0.25, 0.3) is 0 Å². The first-order valence-corrected chi connectivity index (χ1v) is 6.20. The van der Waals surface area contributed by atoms with Crippen molar-refractivity contribution in [1.82, 2.24) is 14.5 Å². The third-order valence-corrected chi connectivity index (χ3v) is 3.11. The summed E-state index contributed by atoms with van der Waals surface area (Å²) in [7, 11) is 0. The van der Waals surface area contributed by atoms with E-state index in [1.807, 2.05) is 23.0 Å². The van der Waals surface area contributed by atoms with E-state index < -0.39 is 0 Å². The molecule has 94 valence electrons. The van der Waals surface area contributed by atoms with Gasteiger partial charge >= 0.3 is 0 Å². The van der Waals surface area contributed by atoms with Gasteiger partial charge in [0.1, 0.15) is 12.1 Å². The Bertz CT molecular complexity index is 474. The van der Waals surface area contributed by atoms with E-state index in [1.54, 1.807) is 12.5 Å². The summed E-state index contributed by atoms with van der Waals surface area (Å²) in [6, 6.07) is 4.54. The van der Waals surface area contributed by atoms with Gasteiger partial charge in [-0.05, 0) is 25.0 Å². The zero-order chi connectivity index (χ0) is 12.2. The lowest BCUT2D eigenvalue weighted by atomic mass is 10.1. The molecule has 0 bridgehead atoms. The molecular formula is C13H16N4O. The average Bonchev–Trinajstić information content (AvgIpc) is 2.95. The molecule has 0 aliphatic carbocycles. The van der Waals surface area contributed by atoms with Crippen LogP contribution in [0.1, 0.15) is 12.8 Å². The summed E-state index contributed by atoms with van der Waals surface area (Å²) in [5.41, 5.74) is 1.06. The Balaban J connectivity index is 1.67. The highest BCUT2D eigenvalue weighted by Crippen LogP contribution is 2.15. The number of hydrogen-bond donors (Lipinski definition) is 1. The molecule has 1 aliphatic heterocycles. The first-order valence-electron chi connectivity index (χ1n) is 6.20. The molecule has 3 heterocycles. The molecule has 5 heteroatoms. The second kappa shape index (κ2) is 5.18. The Morgan fingerprint density at radius 2 is 2.17 bits per heavy atom. The third-order valence-electron chi connectivity index (χ3n) is 3.11. The predicted molar refractivity (Wildman–Crippen MR) is 68.8 cm³/mol. The van der Waals surface area contributed by atoms with Crippen molar-refractivity contribution in [1.29, 1.82) is 0 Å². The first kappa shape index (κ1) is 11.2. The quantitative estimate of drug-likeness (QED) is 0.895. The van der Waals surface area contributed by atoms with Crippen molar-refractivity contribution in [3.63, 3.8) is 0 Å². The van der Waals surface area contributed by atoms with E-state index in [-0.39, 0.29) is 0 Å². The molecule has 0 unspecified atom stereocenters. The molecule has 1 aliphatic rings. The lowest BCUT2D eigenvalue weighted by molar-refractivity contribution is 0.0904. The molecule has 18 heavy (non-hydrogen) atoms. The van der Waals surface area contributed by atoms with Gasteiger partial charge < -0.3 is 10.1 Å². The predicted octanol–water partition coefficient (Wildman–Crippen LogP) is 1.86. The van der Waals surface area contributed by atoms with Gasteiger partial charge in [-0.2, -0.15) is 0 Å². The first-order chi connectivity index (χ1) is 8.92. The monoisotopic (exact) mass is 244 g/mol. The topological polar surface area (TPSA) is 52.0 Å². The normalized spacial score (nSPS) is 16.7. The molecule has 1 saturated heterocycles. The van der Waals surface area contributed by atoms with Crippen LogP contribution in [-0.4, -0.2) is 33.8 Å². The standard InChI is InChI=1S/C13H16N4O/c1-2-13(17-6-5-14-10-17)15-9-12(1)16-11-3-7-18-8-4-11/h1-2,5-6,9-11,16H,3-4,7-8H2. The van der Waals surface area contributed by atoms with E-state index in [1.165, 1.54) is 0 Å². The van der Waals surface area contributed by atoms with Crippen molar-refractivity contribution >= 4 is 5.69 Å².